The fourth-order valence-electron chi connectivity index (χ4n) is 1.15. The van der Waals surface area contributed by atoms with Crippen molar-refractivity contribution in [2.24, 2.45) is 0 Å². The van der Waals surface area contributed by atoms with Gasteiger partial charge in [0.1, 0.15) is 11.4 Å². The van der Waals surface area contributed by atoms with Crippen LogP contribution < -0.4 is 5.73 Å². The van der Waals surface area contributed by atoms with Crippen LogP contribution in [0.4, 0.5) is 5.69 Å². The van der Waals surface area contributed by atoms with Crippen LogP contribution in [0.3, 0.4) is 0 Å². The van der Waals surface area contributed by atoms with Gasteiger partial charge in [0, 0.05) is 5.69 Å². The Labute approximate surface area is 89.7 Å². The molecule has 0 saturated carbocycles. The lowest BCUT2D eigenvalue weighted by Gasteiger charge is -2.07. The van der Waals surface area contributed by atoms with Crippen molar-refractivity contribution >= 4 is 23.0 Å². The summed E-state index contributed by atoms with van der Waals surface area (Å²) in [5.41, 5.74) is 7.14. The first-order valence-electron chi connectivity index (χ1n) is 4.25. The zero-order valence-electron chi connectivity index (χ0n) is 8.06. The SMILES string of the molecule is CCc1cc(C(=O)OS(=O)[O-])ccc1N. The molecule has 82 valence electrons. The van der Waals surface area contributed by atoms with Gasteiger partial charge in [0.2, 0.25) is 0 Å². The average Bonchev–Trinajstić information content (AvgIpc) is 2.17. The third-order valence-electron chi connectivity index (χ3n) is 1.90. The van der Waals surface area contributed by atoms with Crippen LogP contribution in [0.15, 0.2) is 18.2 Å². The number of rotatable bonds is 3. The highest BCUT2D eigenvalue weighted by molar-refractivity contribution is 7.74. The molecule has 0 aliphatic heterocycles. The van der Waals surface area contributed by atoms with Gasteiger partial charge in [-0.2, -0.15) is 0 Å². The Kier molecular flexibility index (Phi) is 3.81. The van der Waals surface area contributed by atoms with E-state index in [2.05, 4.69) is 4.18 Å². The number of aryl methyl sites for hydroxylation is 1. The zero-order chi connectivity index (χ0) is 11.4. The van der Waals surface area contributed by atoms with Crippen molar-refractivity contribution in [2.75, 3.05) is 5.73 Å². The van der Waals surface area contributed by atoms with Crippen molar-refractivity contribution in [2.45, 2.75) is 13.3 Å². The molecule has 2 N–H and O–H groups in total. The summed E-state index contributed by atoms with van der Waals surface area (Å²) in [6.07, 6.45) is 0.660. The predicted octanol–water partition coefficient (Wildman–Crippen LogP) is 0.782. The van der Waals surface area contributed by atoms with Crippen molar-refractivity contribution in [3.8, 4) is 0 Å². The minimum atomic E-state index is -2.84. The summed E-state index contributed by atoms with van der Waals surface area (Å²) in [5.74, 6) is -0.905. The molecular weight excluding hydrogens is 218 g/mol. The van der Waals surface area contributed by atoms with Gasteiger partial charge in [-0.1, -0.05) is 6.92 Å². The number of hydrogen-bond donors (Lipinski definition) is 1. The van der Waals surface area contributed by atoms with Gasteiger partial charge >= 0.3 is 5.97 Å². The molecule has 0 radical (unpaired) electrons. The van der Waals surface area contributed by atoms with Gasteiger partial charge < -0.3 is 14.5 Å². The topological polar surface area (TPSA) is 92.5 Å². The zero-order valence-corrected chi connectivity index (χ0v) is 8.87. The molecule has 1 aromatic rings. The Balaban J connectivity index is 2.95. The number of nitrogen functional groups attached to an aromatic ring is 1. The monoisotopic (exact) mass is 228 g/mol. The quantitative estimate of drug-likeness (QED) is 0.609. The van der Waals surface area contributed by atoms with Crippen LogP contribution in [0.25, 0.3) is 0 Å². The standard InChI is InChI=1S/C9H11NO4S/c1-2-6-5-7(3-4-8(6)10)9(11)14-15(12)13/h3-5H,2,10H2,1H3,(H,12,13)/p-1. The molecule has 1 rings (SSSR count). The Hall–Kier alpha value is -1.40. The van der Waals surface area contributed by atoms with Crippen LogP contribution in [0.5, 0.6) is 0 Å². The van der Waals surface area contributed by atoms with E-state index in [9.17, 15) is 13.6 Å². The van der Waals surface area contributed by atoms with Crippen molar-refractivity contribution in [1.82, 2.24) is 0 Å². The molecule has 0 aliphatic rings. The van der Waals surface area contributed by atoms with E-state index < -0.39 is 17.3 Å². The molecule has 1 unspecified atom stereocenters. The summed E-state index contributed by atoms with van der Waals surface area (Å²) in [6, 6.07) is 4.48. The maximum Gasteiger partial charge on any atom is 0.351 e. The van der Waals surface area contributed by atoms with Crippen molar-refractivity contribution in [3.05, 3.63) is 29.3 Å². The van der Waals surface area contributed by atoms with Gasteiger partial charge in [0.25, 0.3) is 0 Å². The number of hydrogen-bond acceptors (Lipinski definition) is 5. The van der Waals surface area contributed by atoms with Crippen LogP contribution >= 0.6 is 0 Å². The minimum absolute atomic E-state index is 0.172. The first-order chi connectivity index (χ1) is 7.04. The minimum Gasteiger partial charge on any atom is -0.740 e. The van der Waals surface area contributed by atoms with Crippen LogP contribution in [-0.4, -0.2) is 14.7 Å². The fourth-order valence-corrected chi connectivity index (χ4v) is 1.37. The van der Waals surface area contributed by atoms with E-state index in [0.717, 1.165) is 5.56 Å². The van der Waals surface area contributed by atoms with Crippen LogP contribution in [0, 0.1) is 0 Å². The Bertz CT molecular complexity index is 405. The van der Waals surface area contributed by atoms with E-state index >= 15 is 0 Å². The Morgan fingerprint density at radius 3 is 2.80 bits per heavy atom. The van der Waals surface area contributed by atoms with Gasteiger partial charge in [0.15, 0.2) is 0 Å². The molecule has 0 aliphatic carbocycles. The third kappa shape index (κ3) is 3.03. The second-order valence-electron chi connectivity index (χ2n) is 2.84. The molecule has 0 bridgehead atoms. The molecule has 0 fully saturated rings. The Morgan fingerprint density at radius 2 is 2.27 bits per heavy atom. The molecule has 6 heteroatoms. The second-order valence-corrected chi connectivity index (χ2v) is 3.42. The molecule has 1 aromatic carbocycles. The molecular formula is C9H10NO4S-. The van der Waals surface area contributed by atoms with E-state index in [1.54, 1.807) is 6.07 Å². The van der Waals surface area contributed by atoms with Gasteiger partial charge in [-0.3, -0.25) is 0 Å². The molecule has 0 heterocycles. The summed E-state index contributed by atoms with van der Waals surface area (Å²) in [4.78, 5) is 11.2. The predicted molar refractivity (Wildman–Crippen MR) is 54.6 cm³/mol. The molecule has 15 heavy (non-hydrogen) atoms. The molecule has 5 nitrogen and oxygen atoms in total. The number of carbonyl (C=O) groups is 1. The van der Waals surface area contributed by atoms with Crippen molar-refractivity contribution in [3.63, 3.8) is 0 Å². The van der Waals surface area contributed by atoms with E-state index in [1.165, 1.54) is 12.1 Å². The van der Waals surface area contributed by atoms with Gasteiger partial charge in [-0.15, -0.1) is 0 Å². The summed E-state index contributed by atoms with van der Waals surface area (Å²) in [7, 11) is 0. The number of anilines is 1. The van der Waals surface area contributed by atoms with Crippen molar-refractivity contribution in [1.29, 1.82) is 0 Å². The smallest absolute Gasteiger partial charge is 0.351 e. The summed E-state index contributed by atoms with van der Waals surface area (Å²) < 4.78 is 24.3. The number of nitrogens with two attached hydrogens (primary N) is 1. The van der Waals surface area contributed by atoms with E-state index in [-0.39, 0.29) is 5.56 Å². The van der Waals surface area contributed by atoms with E-state index in [1.807, 2.05) is 6.92 Å². The first-order valence-corrected chi connectivity index (χ1v) is 5.25. The Morgan fingerprint density at radius 1 is 1.60 bits per heavy atom. The highest BCUT2D eigenvalue weighted by Gasteiger charge is 2.09. The van der Waals surface area contributed by atoms with E-state index in [0.29, 0.717) is 12.1 Å². The van der Waals surface area contributed by atoms with Crippen LogP contribution in [0.2, 0.25) is 0 Å². The number of benzene rings is 1. The van der Waals surface area contributed by atoms with E-state index in [4.69, 9.17) is 5.73 Å². The van der Waals surface area contributed by atoms with Gasteiger partial charge in [-0.25, -0.2) is 9.00 Å². The molecule has 0 amide bonds. The third-order valence-corrected chi connectivity index (χ3v) is 2.19. The maximum atomic E-state index is 11.2. The second kappa shape index (κ2) is 4.90. The van der Waals surface area contributed by atoms with Gasteiger partial charge in [0.05, 0.1) is 5.56 Å². The molecule has 0 saturated heterocycles. The van der Waals surface area contributed by atoms with Gasteiger partial charge in [-0.05, 0) is 30.2 Å². The molecule has 0 aromatic heterocycles. The highest BCUT2D eigenvalue weighted by atomic mass is 32.2. The highest BCUT2D eigenvalue weighted by Crippen LogP contribution is 2.15. The van der Waals surface area contributed by atoms with Crippen molar-refractivity contribution < 1.29 is 17.7 Å². The molecule has 1 atom stereocenters. The van der Waals surface area contributed by atoms with Crippen LogP contribution in [-0.2, 0) is 22.0 Å². The fraction of sp³-hybridized carbons (Fsp3) is 0.222. The average molecular weight is 228 g/mol. The lowest BCUT2D eigenvalue weighted by molar-refractivity contribution is 0.0742. The number of carbonyl (C=O) groups excluding carboxylic acids is 1. The maximum absolute atomic E-state index is 11.2. The largest absolute Gasteiger partial charge is 0.740 e. The van der Waals surface area contributed by atoms with Crippen LogP contribution in [0.1, 0.15) is 22.8 Å². The summed E-state index contributed by atoms with van der Waals surface area (Å²) in [6.45, 7) is 1.88. The lowest BCUT2D eigenvalue weighted by atomic mass is 10.1. The summed E-state index contributed by atoms with van der Waals surface area (Å²) >= 11 is -2.84. The normalized spacial score (nSPS) is 12.1. The summed E-state index contributed by atoms with van der Waals surface area (Å²) in [5, 5.41) is 0. The molecule has 0 spiro atoms. The lowest BCUT2D eigenvalue weighted by Crippen LogP contribution is -2.08. The first kappa shape index (κ1) is 11.7.